The highest BCUT2D eigenvalue weighted by Gasteiger charge is 2.22. The first-order valence-electron chi connectivity index (χ1n) is 12.5. The van der Waals surface area contributed by atoms with Crippen LogP contribution in [0.4, 0.5) is 4.39 Å². The Kier molecular flexibility index (Phi) is 12.4. The molecule has 1 atom stereocenters. The van der Waals surface area contributed by atoms with Crippen LogP contribution in [-0.2, 0) is 20.8 Å². The SMILES string of the molecule is COc1ccc(F)cc1C(O)CN(/C=C(C(C)=O)/C(C)=N/OC(C)C)C(=O)CCCCc1ccccc1Cl. The number of oxime groups is 1. The Bertz CT molecular complexity index is 1170. The second-order valence-corrected chi connectivity index (χ2v) is 9.58. The van der Waals surface area contributed by atoms with Crippen molar-refractivity contribution in [2.75, 3.05) is 13.7 Å². The van der Waals surface area contributed by atoms with Crippen LogP contribution in [0.15, 0.2) is 59.4 Å². The van der Waals surface area contributed by atoms with Crippen molar-refractivity contribution in [2.45, 2.75) is 65.6 Å². The lowest BCUT2D eigenvalue weighted by atomic mass is 10.0. The van der Waals surface area contributed by atoms with Gasteiger partial charge in [-0.2, -0.15) is 0 Å². The zero-order valence-electron chi connectivity index (χ0n) is 22.5. The minimum absolute atomic E-state index is 0.161. The van der Waals surface area contributed by atoms with E-state index in [0.717, 1.165) is 18.1 Å². The summed E-state index contributed by atoms with van der Waals surface area (Å²) in [4.78, 5) is 32.3. The molecule has 2 rings (SSSR count). The van der Waals surface area contributed by atoms with Gasteiger partial charge in [-0.05, 0) is 76.8 Å². The maximum atomic E-state index is 13.9. The Labute approximate surface area is 228 Å². The van der Waals surface area contributed by atoms with E-state index in [4.69, 9.17) is 21.2 Å². The highest BCUT2D eigenvalue weighted by Crippen LogP contribution is 2.27. The van der Waals surface area contributed by atoms with Crippen LogP contribution >= 0.6 is 11.6 Å². The number of methoxy groups -OCH3 is 1. The third kappa shape index (κ3) is 9.58. The Hall–Kier alpha value is -3.23. The summed E-state index contributed by atoms with van der Waals surface area (Å²) in [6.45, 7) is 6.34. The lowest BCUT2D eigenvalue weighted by molar-refractivity contribution is -0.130. The fourth-order valence-corrected chi connectivity index (χ4v) is 3.97. The number of benzene rings is 2. The molecular formula is C29H36ClFN2O5. The molecule has 2 aromatic carbocycles. The molecule has 1 N–H and O–H groups in total. The van der Waals surface area contributed by atoms with Crippen molar-refractivity contribution >= 4 is 29.0 Å². The molecule has 0 fully saturated rings. The van der Waals surface area contributed by atoms with Gasteiger partial charge in [0.1, 0.15) is 23.8 Å². The van der Waals surface area contributed by atoms with Gasteiger partial charge in [-0.15, -0.1) is 0 Å². The third-order valence-electron chi connectivity index (χ3n) is 5.74. The van der Waals surface area contributed by atoms with Crippen molar-refractivity contribution < 1.29 is 28.7 Å². The highest BCUT2D eigenvalue weighted by molar-refractivity contribution is 6.31. The molecule has 9 heteroatoms. The number of ketones is 1. The van der Waals surface area contributed by atoms with E-state index in [1.54, 1.807) is 20.8 Å². The first-order valence-corrected chi connectivity index (χ1v) is 12.9. The molecule has 1 amide bonds. The van der Waals surface area contributed by atoms with Gasteiger partial charge in [-0.3, -0.25) is 9.59 Å². The lowest BCUT2D eigenvalue weighted by Crippen LogP contribution is -2.32. The number of ether oxygens (including phenoxy) is 1. The van der Waals surface area contributed by atoms with Gasteiger partial charge in [0.25, 0.3) is 0 Å². The Balaban J connectivity index is 2.29. The molecule has 0 aliphatic carbocycles. The zero-order valence-corrected chi connectivity index (χ0v) is 23.3. The number of allylic oxidation sites excluding steroid dienone is 1. The molecule has 0 radical (unpaired) electrons. The van der Waals surface area contributed by atoms with Crippen LogP contribution in [0.1, 0.15) is 64.2 Å². The van der Waals surface area contributed by atoms with E-state index >= 15 is 0 Å². The number of amides is 1. The van der Waals surface area contributed by atoms with Gasteiger partial charge >= 0.3 is 0 Å². The van der Waals surface area contributed by atoms with E-state index in [9.17, 15) is 19.1 Å². The topological polar surface area (TPSA) is 88.4 Å². The number of unbranched alkanes of at least 4 members (excludes halogenated alkanes) is 1. The molecule has 0 heterocycles. The Morgan fingerprint density at radius 2 is 1.87 bits per heavy atom. The molecule has 0 saturated carbocycles. The number of nitrogens with zero attached hydrogens (tertiary/aromatic N) is 2. The van der Waals surface area contributed by atoms with Gasteiger partial charge in [0, 0.05) is 23.2 Å². The third-order valence-corrected chi connectivity index (χ3v) is 6.11. The molecule has 0 aromatic heterocycles. The quantitative estimate of drug-likeness (QED) is 0.135. The Morgan fingerprint density at radius 1 is 1.16 bits per heavy atom. The van der Waals surface area contributed by atoms with Gasteiger partial charge in [0.05, 0.1) is 24.9 Å². The number of hydrogen-bond acceptors (Lipinski definition) is 6. The summed E-state index contributed by atoms with van der Waals surface area (Å²) in [5.74, 6) is -0.904. The predicted octanol–water partition coefficient (Wildman–Crippen LogP) is 6.04. The molecule has 0 aliphatic rings. The number of rotatable bonds is 14. The molecule has 0 saturated heterocycles. The number of carbonyl (C=O) groups is 2. The van der Waals surface area contributed by atoms with Crippen LogP contribution in [0.2, 0.25) is 5.02 Å². The largest absolute Gasteiger partial charge is 0.496 e. The van der Waals surface area contributed by atoms with Gasteiger partial charge in [0.15, 0.2) is 5.78 Å². The average Bonchev–Trinajstić information content (AvgIpc) is 2.87. The van der Waals surface area contributed by atoms with E-state index in [0.29, 0.717) is 23.6 Å². The fourth-order valence-electron chi connectivity index (χ4n) is 3.74. The summed E-state index contributed by atoms with van der Waals surface area (Å²) < 4.78 is 19.2. The minimum Gasteiger partial charge on any atom is -0.496 e. The van der Waals surface area contributed by atoms with Crippen LogP contribution in [0.5, 0.6) is 5.75 Å². The highest BCUT2D eigenvalue weighted by atomic mass is 35.5. The number of hydrogen-bond donors (Lipinski definition) is 1. The van der Waals surface area contributed by atoms with E-state index in [2.05, 4.69) is 5.16 Å². The summed E-state index contributed by atoms with van der Waals surface area (Å²) in [5, 5.41) is 15.6. The number of aliphatic hydroxyl groups excluding tert-OH is 1. The zero-order chi connectivity index (χ0) is 28.2. The van der Waals surface area contributed by atoms with Crippen molar-refractivity contribution in [3.05, 3.63) is 76.2 Å². The number of halogens is 2. The van der Waals surface area contributed by atoms with Crippen LogP contribution in [0.3, 0.4) is 0 Å². The summed E-state index contributed by atoms with van der Waals surface area (Å²) in [7, 11) is 1.41. The van der Waals surface area contributed by atoms with Crippen LogP contribution < -0.4 is 4.74 Å². The van der Waals surface area contributed by atoms with Crippen molar-refractivity contribution in [1.82, 2.24) is 4.90 Å². The average molecular weight is 547 g/mol. The summed E-state index contributed by atoms with van der Waals surface area (Å²) in [6, 6.07) is 11.3. The standard InChI is InChI=1S/C29H36ClFN2O5/c1-19(2)38-32-20(3)25(21(4)34)17-33(18-27(35)24-16-23(31)14-15-28(24)37-5)29(36)13-9-7-11-22-10-6-8-12-26(22)30/h6,8,10,12,14-17,19,27,35H,7,9,11,13,18H2,1-5H3/b25-17-,32-20+. The summed E-state index contributed by atoms with van der Waals surface area (Å²) >= 11 is 6.23. The van der Waals surface area contributed by atoms with Crippen LogP contribution in [-0.4, -0.2) is 47.2 Å². The molecule has 7 nitrogen and oxygen atoms in total. The number of aryl methyl sites for hydroxylation is 1. The van der Waals surface area contributed by atoms with E-state index in [1.165, 1.54) is 37.3 Å². The Morgan fingerprint density at radius 3 is 2.50 bits per heavy atom. The van der Waals surface area contributed by atoms with E-state index in [1.807, 2.05) is 24.3 Å². The predicted molar refractivity (Wildman–Crippen MR) is 147 cm³/mol. The van der Waals surface area contributed by atoms with Crippen molar-refractivity contribution in [3.63, 3.8) is 0 Å². The molecule has 206 valence electrons. The maximum absolute atomic E-state index is 13.9. The lowest BCUT2D eigenvalue weighted by Gasteiger charge is -2.24. The van der Waals surface area contributed by atoms with Crippen LogP contribution in [0.25, 0.3) is 0 Å². The van der Waals surface area contributed by atoms with E-state index in [-0.39, 0.29) is 47.6 Å². The molecule has 0 spiro atoms. The molecule has 0 aliphatic heterocycles. The smallest absolute Gasteiger partial charge is 0.226 e. The molecular weight excluding hydrogens is 511 g/mol. The van der Waals surface area contributed by atoms with Gasteiger partial charge in [-0.25, -0.2) is 4.39 Å². The first kappa shape index (κ1) is 31.0. The molecule has 2 aromatic rings. The van der Waals surface area contributed by atoms with Crippen molar-refractivity contribution in [3.8, 4) is 5.75 Å². The van der Waals surface area contributed by atoms with Crippen LogP contribution in [0, 0.1) is 5.82 Å². The molecule has 0 bridgehead atoms. The van der Waals surface area contributed by atoms with Gasteiger partial charge < -0.3 is 19.6 Å². The summed E-state index contributed by atoms with van der Waals surface area (Å²) in [6.07, 6.45) is 2.05. The van der Waals surface area contributed by atoms with Gasteiger partial charge in [-0.1, -0.05) is 35.0 Å². The number of carbonyl (C=O) groups excluding carboxylic acids is 2. The monoisotopic (exact) mass is 546 g/mol. The van der Waals surface area contributed by atoms with Crippen molar-refractivity contribution in [2.24, 2.45) is 5.16 Å². The molecule has 1 unspecified atom stereocenters. The second kappa shape index (κ2) is 15.2. The maximum Gasteiger partial charge on any atom is 0.226 e. The van der Waals surface area contributed by atoms with Gasteiger partial charge in [0.2, 0.25) is 5.91 Å². The molecule has 38 heavy (non-hydrogen) atoms. The summed E-state index contributed by atoms with van der Waals surface area (Å²) in [5.41, 5.74) is 1.65. The fraction of sp³-hybridized carbons (Fsp3) is 0.414. The van der Waals surface area contributed by atoms with E-state index < -0.39 is 11.9 Å². The van der Waals surface area contributed by atoms with Crippen molar-refractivity contribution in [1.29, 1.82) is 0 Å². The first-order chi connectivity index (χ1) is 18.0. The normalized spacial score (nSPS) is 12.9. The number of aliphatic hydroxyl groups is 1. The number of Topliss-reactive ketones (excluding diaryl/α,β-unsaturated/α-hetero) is 1. The minimum atomic E-state index is -1.28. The second-order valence-electron chi connectivity index (χ2n) is 9.18.